The minimum Gasteiger partial charge on any atom is -0.381 e. The molecule has 0 unspecified atom stereocenters. The Hall–Kier alpha value is -1.07. The van der Waals surface area contributed by atoms with Gasteiger partial charge in [0.1, 0.15) is 5.15 Å². The minimum absolute atomic E-state index is 0.192. The van der Waals surface area contributed by atoms with Crippen LogP contribution in [0, 0.1) is 5.92 Å². The molecule has 0 radical (unpaired) electrons. The summed E-state index contributed by atoms with van der Waals surface area (Å²) < 4.78 is 6.67. The lowest BCUT2D eigenvalue weighted by Gasteiger charge is -2.23. The van der Waals surface area contributed by atoms with Crippen LogP contribution >= 0.6 is 11.6 Å². The molecular weight excluding hydrogens is 292 g/mol. The van der Waals surface area contributed by atoms with Crippen molar-refractivity contribution in [3.8, 4) is 0 Å². The molecule has 0 atom stereocenters. The van der Waals surface area contributed by atoms with Gasteiger partial charge in [0.15, 0.2) is 0 Å². The van der Waals surface area contributed by atoms with Crippen molar-refractivity contribution in [2.75, 3.05) is 13.2 Å². The summed E-state index contributed by atoms with van der Waals surface area (Å²) in [7, 11) is 0. The Morgan fingerprint density at radius 3 is 2.48 bits per heavy atom. The zero-order valence-corrected chi connectivity index (χ0v) is 12.8. The number of hydrogen-bond donors (Lipinski definition) is 1. The third-order valence-electron chi connectivity index (χ3n) is 4.72. The van der Waals surface area contributed by atoms with E-state index in [4.69, 9.17) is 16.3 Å². The topological polar surface area (TPSA) is 64.1 Å². The molecule has 1 aliphatic carbocycles. The molecule has 0 amide bonds. The van der Waals surface area contributed by atoms with E-state index in [9.17, 15) is 9.59 Å². The number of aromatic nitrogens is 2. The predicted molar refractivity (Wildman–Crippen MR) is 81.1 cm³/mol. The highest BCUT2D eigenvalue weighted by molar-refractivity contribution is 6.30. The number of rotatable bonds is 3. The monoisotopic (exact) mass is 312 g/mol. The van der Waals surface area contributed by atoms with Gasteiger partial charge >= 0.3 is 5.69 Å². The summed E-state index contributed by atoms with van der Waals surface area (Å²) in [4.78, 5) is 27.4. The van der Waals surface area contributed by atoms with Gasteiger partial charge in [-0.1, -0.05) is 24.4 Å². The van der Waals surface area contributed by atoms with Crippen LogP contribution in [-0.4, -0.2) is 22.8 Å². The van der Waals surface area contributed by atoms with E-state index in [1.54, 1.807) is 0 Å². The van der Waals surface area contributed by atoms with E-state index in [1.165, 1.54) is 4.57 Å². The van der Waals surface area contributed by atoms with Crippen LogP contribution in [0.4, 0.5) is 0 Å². The summed E-state index contributed by atoms with van der Waals surface area (Å²) in [5, 5.41) is 0.236. The molecule has 1 aromatic heterocycles. The molecule has 0 aromatic carbocycles. The van der Waals surface area contributed by atoms with Gasteiger partial charge in [-0.3, -0.25) is 14.3 Å². The number of hydrogen-bond acceptors (Lipinski definition) is 3. The Bertz CT molecular complexity index is 610. The van der Waals surface area contributed by atoms with Crippen LogP contribution in [-0.2, 0) is 11.3 Å². The molecule has 1 N–H and O–H groups in total. The normalized spacial score (nSPS) is 21.0. The average molecular weight is 313 g/mol. The van der Waals surface area contributed by atoms with Crippen molar-refractivity contribution in [3.63, 3.8) is 0 Å². The Labute approximate surface area is 128 Å². The number of H-pyrrole nitrogens is 1. The molecule has 116 valence electrons. The molecule has 3 rings (SSSR count). The molecule has 1 aliphatic heterocycles. The third kappa shape index (κ3) is 3.09. The Balaban J connectivity index is 1.93. The van der Waals surface area contributed by atoms with Crippen LogP contribution in [0.3, 0.4) is 0 Å². The molecule has 1 aromatic rings. The molecule has 21 heavy (non-hydrogen) atoms. The van der Waals surface area contributed by atoms with Crippen molar-refractivity contribution >= 4 is 11.6 Å². The van der Waals surface area contributed by atoms with Crippen LogP contribution in [0.1, 0.15) is 50.0 Å². The van der Waals surface area contributed by atoms with Crippen LogP contribution in [0.5, 0.6) is 0 Å². The molecule has 2 fully saturated rings. The number of aromatic amines is 1. The summed E-state index contributed by atoms with van der Waals surface area (Å²) in [6.07, 6.45) is 6.01. The number of nitrogens with one attached hydrogen (secondary N) is 1. The van der Waals surface area contributed by atoms with E-state index in [-0.39, 0.29) is 16.6 Å². The van der Waals surface area contributed by atoms with Crippen molar-refractivity contribution in [1.82, 2.24) is 9.55 Å². The number of nitrogens with zero attached hydrogens (tertiary/aromatic N) is 1. The first-order valence-electron chi connectivity index (χ1n) is 7.77. The van der Waals surface area contributed by atoms with E-state index < -0.39 is 5.69 Å². The molecule has 5 nitrogen and oxygen atoms in total. The Morgan fingerprint density at radius 1 is 1.14 bits per heavy atom. The highest BCUT2D eigenvalue weighted by Gasteiger charge is 2.26. The lowest BCUT2D eigenvalue weighted by atomic mass is 9.99. The lowest BCUT2D eigenvalue weighted by Crippen LogP contribution is -2.40. The highest BCUT2D eigenvalue weighted by atomic mass is 35.5. The zero-order valence-electron chi connectivity index (χ0n) is 12.1. The van der Waals surface area contributed by atoms with Crippen molar-refractivity contribution in [1.29, 1.82) is 0 Å². The molecular formula is C15H21ClN2O3. The predicted octanol–water partition coefficient (Wildman–Crippen LogP) is 2.27. The molecule has 2 heterocycles. The maximum absolute atomic E-state index is 12.7. The van der Waals surface area contributed by atoms with Crippen LogP contribution in [0.25, 0.3) is 0 Å². The minimum atomic E-state index is -0.391. The van der Waals surface area contributed by atoms with Gasteiger partial charge in [0.2, 0.25) is 0 Å². The van der Waals surface area contributed by atoms with E-state index in [0.717, 1.165) is 38.5 Å². The Kier molecular flexibility index (Phi) is 4.50. The maximum Gasteiger partial charge on any atom is 0.329 e. The Morgan fingerprint density at radius 2 is 1.81 bits per heavy atom. The fraction of sp³-hybridized carbons (Fsp3) is 0.733. The standard InChI is InChI=1S/C15H21ClN2O3/c16-13-12(11-3-1-2-4-11)14(19)18(15(20)17-13)9-10-5-7-21-8-6-10/h10-11H,1-9H2,(H,17,20). The molecule has 1 saturated heterocycles. The molecule has 0 spiro atoms. The van der Waals surface area contributed by atoms with Gasteiger partial charge in [-0.2, -0.15) is 0 Å². The van der Waals surface area contributed by atoms with E-state index in [1.807, 2.05) is 0 Å². The largest absolute Gasteiger partial charge is 0.381 e. The van der Waals surface area contributed by atoms with Gasteiger partial charge in [0.05, 0.1) is 5.56 Å². The molecule has 0 bridgehead atoms. The van der Waals surface area contributed by atoms with Gasteiger partial charge in [-0.25, -0.2) is 4.79 Å². The summed E-state index contributed by atoms with van der Waals surface area (Å²) >= 11 is 6.14. The first kappa shape index (κ1) is 14.9. The number of halogens is 1. The van der Waals surface area contributed by atoms with E-state index in [2.05, 4.69) is 4.98 Å². The summed E-state index contributed by atoms with van der Waals surface area (Å²) in [5.74, 6) is 0.526. The highest BCUT2D eigenvalue weighted by Crippen LogP contribution is 2.34. The first-order valence-corrected chi connectivity index (χ1v) is 8.15. The van der Waals surface area contributed by atoms with Crippen molar-refractivity contribution in [2.45, 2.75) is 51.0 Å². The maximum atomic E-state index is 12.7. The number of ether oxygens (including phenoxy) is 1. The van der Waals surface area contributed by atoms with Crippen molar-refractivity contribution in [3.05, 3.63) is 31.6 Å². The zero-order chi connectivity index (χ0) is 14.8. The van der Waals surface area contributed by atoms with Gasteiger partial charge in [0.25, 0.3) is 5.56 Å². The fourth-order valence-electron chi connectivity index (χ4n) is 3.48. The molecule has 2 aliphatic rings. The van der Waals surface area contributed by atoms with Gasteiger partial charge < -0.3 is 4.74 Å². The van der Waals surface area contributed by atoms with E-state index in [0.29, 0.717) is 31.2 Å². The smallest absolute Gasteiger partial charge is 0.329 e. The summed E-state index contributed by atoms with van der Waals surface area (Å²) in [5.41, 5.74) is 0.0289. The molecule has 6 heteroatoms. The van der Waals surface area contributed by atoms with E-state index >= 15 is 0 Å². The fourth-order valence-corrected chi connectivity index (χ4v) is 3.80. The lowest BCUT2D eigenvalue weighted by molar-refractivity contribution is 0.0605. The van der Waals surface area contributed by atoms with Crippen LogP contribution < -0.4 is 11.2 Å². The third-order valence-corrected chi connectivity index (χ3v) is 5.02. The summed E-state index contributed by atoms with van der Waals surface area (Å²) in [6, 6.07) is 0. The molecule has 1 saturated carbocycles. The SMILES string of the molecule is O=c1[nH]c(Cl)c(C2CCCC2)c(=O)n1CC1CCOCC1. The van der Waals surface area contributed by atoms with Crippen molar-refractivity contribution in [2.24, 2.45) is 5.92 Å². The first-order chi connectivity index (χ1) is 10.2. The van der Waals surface area contributed by atoms with Crippen molar-refractivity contribution < 1.29 is 4.74 Å². The average Bonchev–Trinajstić information content (AvgIpc) is 2.98. The quantitative estimate of drug-likeness (QED) is 0.871. The van der Waals surface area contributed by atoms with Gasteiger partial charge in [-0.15, -0.1) is 0 Å². The second-order valence-electron chi connectivity index (χ2n) is 6.11. The second kappa shape index (κ2) is 6.36. The van der Waals surface area contributed by atoms with Gasteiger partial charge in [-0.05, 0) is 37.5 Å². The summed E-state index contributed by atoms with van der Waals surface area (Å²) in [6.45, 7) is 1.88. The van der Waals surface area contributed by atoms with Gasteiger partial charge in [0, 0.05) is 19.8 Å². The van der Waals surface area contributed by atoms with Crippen LogP contribution in [0.15, 0.2) is 9.59 Å². The van der Waals surface area contributed by atoms with Crippen LogP contribution in [0.2, 0.25) is 5.15 Å². The second-order valence-corrected chi connectivity index (χ2v) is 6.49.